The molecule has 0 heterocycles. The Morgan fingerprint density at radius 3 is 2.33 bits per heavy atom. The number of esters is 1. The van der Waals surface area contributed by atoms with Crippen LogP contribution in [-0.2, 0) is 19.6 Å². The van der Waals surface area contributed by atoms with Crippen LogP contribution in [0.2, 0.25) is 5.02 Å². The number of carbonyl (C=O) groups is 2. The molecule has 1 amide bonds. The van der Waals surface area contributed by atoms with Gasteiger partial charge in [0.05, 0.1) is 29.6 Å². The quantitative estimate of drug-likeness (QED) is 0.642. The van der Waals surface area contributed by atoms with Gasteiger partial charge in [0.25, 0.3) is 0 Å². The van der Waals surface area contributed by atoms with Gasteiger partial charge >= 0.3 is 5.97 Å². The predicted octanol–water partition coefficient (Wildman–Crippen LogP) is 3.93. The Morgan fingerprint density at radius 2 is 1.80 bits per heavy atom. The van der Waals surface area contributed by atoms with E-state index in [2.05, 4.69) is 10.1 Å². The van der Waals surface area contributed by atoms with E-state index in [1.165, 1.54) is 25.3 Å². The Labute approximate surface area is 182 Å². The fraction of sp³-hybridized carbons (Fsp3) is 0.333. The lowest BCUT2D eigenvalue weighted by atomic mass is 10.1. The summed E-state index contributed by atoms with van der Waals surface area (Å²) in [7, 11) is -2.52. The summed E-state index contributed by atoms with van der Waals surface area (Å²) in [5, 5.41) is 2.86. The molecule has 0 saturated carbocycles. The molecule has 1 unspecified atom stereocenters. The Bertz CT molecular complexity index is 1070. The molecule has 1 atom stereocenters. The van der Waals surface area contributed by atoms with E-state index in [1.807, 2.05) is 19.9 Å². The summed E-state index contributed by atoms with van der Waals surface area (Å²) in [5.41, 5.74) is 2.74. The van der Waals surface area contributed by atoms with Crippen LogP contribution in [0.25, 0.3) is 0 Å². The molecule has 9 heteroatoms. The fourth-order valence-corrected chi connectivity index (χ4v) is 4.42. The molecule has 0 saturated heterocycles. The number of methoxy groups -OCH3 is 1. The average molecular weight is 453 g/mol. The number of ether oxygens (including phenoxy) is 1. The van der Waals surface area contributed by atoms with Gasteiger partial charge in [-0.25, -0.2) is 13.2 Å². The first-order valence-electron chi connectivity index (χ1n) is 9.25. The molecule has 2 aromatic rings. The van der Waals surface area contributed by atoms with Crippen molar-refractivity contribution < 1.29 is 22.7 Å². The van der Waals surface area contributed by atoms with E-state index in [9.17, 15) is 18.0 Å². The van der Waals surface area contributed by atoms with Crippen molar-refractivity contribution in [3.63, 3.8) is 0 Å². The van der Waals surface area contributed by atoms with Gasteiger partial charge in [0.15, 0.2) is 0 Å². The molecule has 0 fully saturated rings. The molecule has 0 aliphatic heterocycles. The van der Waals surface area contributed by atoms with Crippen molar-refractivity contribution in [3.05, 3.63) is 58.1 Å². The zero-order valence-electron chi connectivity index (χ0n) is 17.5. The minimum atomic E-state index is -3.75. The van der Waals surface area contributed by atoms with Crippen LogP contribution >= 0.6 is 11.6 Å². The number of hydrogen-bond donors (Lipinski definition) is 1. The number of hydrogen-bond acceptors (Lipinski definition) is 5. The molecule has 2 rings (SSSR count). The van der Waals surface area contributed by atoms with E-state index < -0.39 is 27.9 Å². The van der Waals surface area contributed by atoms with E-state index in [1.54, 1.807) is 19.1 Å². The number of aryl methyl sites for hydroxylation is 2. The van der Waals surface area contributed by atoms with Crippen LogP contribution in [-0.4, -0.2) is 39.7 Å². The number of sulfonamides is 1. The first kappa shape index (κ1) is 23.7. The molecule has 0 radical (unpaired) electrons. The minimum absolute atomic E-state index is 0.0964. The summed E-state index contributed by atoms with van der Waals surface area (Å²) >= 11 is 6.01. The molecular weight excluding hydrogens is 428 g/mol. The van der Waals surface area contributed by atoms with Gasteiger partial charge in [0, 0.05) is 5.69 Å². The van der Waals surface area contributed by atoms with Crippen molar-refractivity contribution in [1.82, 2.24) is 0 Å². The van der Waals surface area contributed by atoms with Crippen molar-refractivity contribution in [3.8, 4) is 0 Å². The van der Waals surface area contributed by atoms with Crippen molar-refractivity contribution in [2.45, 2.75) is 33.2 Å². The molecule has 0 aliphatic carbocycles. The molecule has 1 N–H and O–H groups in total. The van der Waals surface area contributed by atoms with Gasteiger partial charge < -0.3 is 10.1 Å². The van der Waals surface area contributed by atoms with Crippen LogP contribution in [0, 0.1) is 13.8 Å². The smallest absolute Gasteiger partial charge is 0.339 e. The Kier molecular flexibility index (Phi) is 7.49. The molecule has 0 aliphatic rings. The third kappa shape index (κ3) is 5.31. The maximum absolute atomic E-state index is 13.0. The van der Waals surface area contributed by atoms with Gasteiger partial charge in [-0.3, -0.25) is 9.10 Å². The number of amides is 1. The third-order valence-corrected chi connectivity index (χ3v) is 6.22. The number of anilines is 2. The highest BCUT2D eigenvalue weighted by molar-refractivity contribution is 7.92. The standard InChI is InChI=1S/C21H25ClN2O5S/c1-6-19(24(30(5,27)28)16-9-7-13(2)14(3)11-16)20(25)23-15-8-10-18(22)17(12-15)21(26)29-4/h7-12,19H,6H2,1-5H3,(H,23,25). The monoisotopic (exact) mass is 452 g/mol. The highest BCUT2D eigenvalue weighted by atomic mass is 35.5. The molecule has 0 aromatic heterocycles. The maximum atomic E-state index is 13.0. The van der Waals surface area contributed by atoms with E-state index in [0.29, 0.717) is 11.4 Å². The second kappa shape index (κ2) is 9.49. The Balaban J connectivity index is 2.41. The minimum Gasteiger partial charge on any atom is -0.465 e. The highest BCUT2D eigenvalue weighted by Crippen LogP contribution is 2.26. The molecule has 7 nitrogen and oxygen atoms in total. The van der Waals surface area contributed by atoms with Gasteiger partial charge in [-0.2, -0.15) is 0 Å². The van der Waals surface area contributed by atoms with Gasteiger partial charge in [-0.05, 0) is 61.7 Å². The van der Waals surface area contributed by atoms with E-state index in [4.69, 9.17) is 11.6 Å². The molecule has 0 spiro atoms. The summed E-state index contributed by atoms with van der Waals surface area (Å²) in [6, 6.07) is 8.62. The normalized spacial score (nSPS) is 12.2. The van der Waals surface area contributed by atoms with Crippen LogP contribution in [0.3, 0.4) is 0 Å². The van der Waals surface area contributed by atoms with Crippen molar-refractivity contribution in [1.29, 1.82) is 0 Å². The zero-order valence-corrected chi connectivity index (χ0v) is 19.1. The topological polar surface area (TPSA) is 92.8 Å². The lowest BCUT2D eigenvalue weighted by molar-refractivity contribution is -0.117. The summed E-state index contributed by atoms with van der Waals surface area (Å²) in [6.07, 6.45) is 1.30. The van der Waals surface area contributed by atoms with Gasteiger partial charge in [0.2, 0.25) is 15.9 Å². The number of rotatable bonds is 7. The number of benzene rings is 2. The molecular formula is C21H25ClN2O5S. The number of nitrogens with zero attached hydrogens (tertiary/aromatic N) is 1. The van der Waals surface area contributed by atoms with Crippen molar-refractivity contribution in [2.24, 2.45) is 0 Å². The van der Waals surface area contributed by atoms with Crippen LogP contribution in [0.4, 0.5) is 11.4 Å². The first-order chi connectivity index (χ1) is 14.0. The van der Waals surface area contributed by atoms with Crippen molar-refractivity contribution >= 4 is 44.9 Å². The second-order valence-electron chi connectivity index (χ2n) is 6.93. The largest absolute Gasteiger partial charge is 0.465 e. The van der Waals surface area contributed by atoms with Gasteiger partial charge in [0.1, 0.15) is 6.04 Å². The predicted molar refractivity (Wildman–Crippen MR) is 119 cm³/mol. The molecule has 0 bridgehead atoms. The lowest BCUT2D eigenvalue weighted by Crippen LogP contribution is -2.47. The second-order valence-corrected chi connectivity index (χ2v) is 9.19. The van der Waals surface area contributed by atoms with Crippen LogP contribution in [0.5, 0.6) is 0 Å². The molecule has 162 valence electrons. The van der Waals surface area contributed by atoms with E-state index in [0.717, 1.165) is 21.7 Å². The van der Waals surface area contributed by atoms with Crippen LogP contribution in [0.1, 0.15) is 34.8 Å². The van der Waals surface area contributed by atoms with Gasteiger partial charge in [-0.1, -0.05) is 24.6 Å². The van der Waals surface area contributed by atoms with Crippen LogP contribution in [0.15, 0.2) is 36.4 Å². The number of halogens is 1. The lowest BCUT2D eigenvalue weighted by Gasteiger charge is -2.30. The Morgan fingerprint density at radius 1 is 1.13 bits per heavy atom. The summed E-state index contributed by atoms with van der Waals surface area (Å²) in [5.74, 6) is -1.17. The summed E-state index contributed by atoms with van der Waals surface area (Å²) in [6.45, 7) is 5.53. The van der Waals surface area contributed by atoms with E-state index >= 15 is 0 Å². The highest BCUT2D eigenvalue weighted by Gasteiger charge is 2.32. The third-order valence-electron chi connectivity index (χ3n) is 4.71. The molecule has 2 aromatic carbocycles. The fourth-order valence-electron chi connectivity index (χ4n) is 3.02. The number of carbonyl (C=O) groups excluding carboxylic acids is 2. The zero-order chi connectivity index (χ0) is 22.6. The average Bonchev–Trinajstić information content (AvgIpc) is 2.68. The first-order valence-corrected chi connectivity index (χ1v) is 11.5. The number of nitrogens with one attached hydrogen (secondary N) is 1. The Hall–Kier alpha value is -2.58. The summed E-state index contributed by atoms with van der Waals surface area (Å²) in [4.78, 5) is 24.9. The van der Waals surface area contributed by atoms with E-state index in [-0.39, 0.29) is 17.0 Å². The molecule has 30 heavy (non-hydrogen) atoms. The SMILES string of the molecule is CCC(C(=O)Nc1ccc(Cl)c(C(=O)OC)c1)N(c1ccc(C)c(C)c1)S(C)(=O)=O. The van der Waals surface area contributed by atoms with Crippen molar-refractivity contribution in [2.75, 3.05) is 23.0 Å². The maximum Gasteiger partial charge on any atom is 0.339 e. The van der Waals surface area contributed by atoms with Gasteiger partial charge in [-0.15, -0.1) is 0 Å². The van der Waals surface area contributed by atoms with Crippen LogP contribution < -0.4 is 9.62 Å². The summed E-state index contributed by atoms with van der Waals surface area (Å²) < 4.78 is 31.0.